The Labute approximate surface area is 131 Å². The Morgan fingerprint density at radius 1 is 1.19 bits per heavy atom. The van der Waals surface area contributed by atoms with Crippen LogP contribution in [0.4, 0.5) is 5.69 Å². The number of nitrogens with one attached hydrogen (secondary N) is 1. The number of thiophene rings is 1. The second-order valence-corrected chi connectivity index (χ2v) is 6.12. The average Bonchev–Trinajstić information content (AvgIpc) is 3.03. The quantitative estimate of drug-likeness (QED) is 0.720. The third-order valence-electron chi connectivity index (χ3n) is 3.46. The average molecular weight is 304 g/mol. The fourth-order valence-corrected chi connectivity index (χ4v) is 2.84. The molecule has 1 aromatic carbocycles. The molecular formula is C17H24N2OS. The van der Waals surface area contributed by atoms with Gasteiger partial charge in [-0.2, -0.15) is 0 Å². The number of rotatable bonds is 9. The van der Waals surface area contributed by atoms with Crippen molar-refractivity contribution in [3.8, 4) is 0 Å². The molecule has 0 atom stereocenters. The minimum Gasteiger partial charge on any atom is -0.383 e. The first-order valence-electron chi connectivity index (χ1n) is 7.31. The Hall–Kier alpha value is -1.36. The van der Waals surface area contributed by atoms with Crippen molar-refractivity contribution in [2.24, 2.45) is 0 Å². The molecule has 4 heteroatoms. The molecule has 21 heavy (non-hydrogen) atoms. The van der Waals surface area contributed by atoms with Gasteiger partial charge in [-0.15, -0.1) is 11.3 Å². The van der Waals surface area contributed by atoms with E-state index in [-0.39, 0.29) is 0 Å². The van der Waals surface area contributed by atoms with E-state index in [1.165, 1.54) is 16.1 Å². The van der Waals surface area contributed by atoms with E-state index in [1.807, 2.05) is 11.3 Å². The SMILES string of the molecule is COCCNCc1ccc(N(C)CCc2cccs2)cc1. The topological polar surface area (TPSA) is 24.5 Å². The Morgan fingerprint density at radius 2 is 2.00 bits per heavy atom. The van der Waals surface area contributed by atoms with E-state index < -0.39 is 0 Å². The molecule has 0 saturated heterocycles. The zero-order chi connectivity index (χ0) is 14.9. The van der Waals surface area contributed by atoms with E-state index in [2.05, 4.69) is 59.0 Å². The highest BCUT2D eigenvalue weighted by atomic mass is 32.1. The smallest absolute Gasteiger partial charge is 0.0587 e. The summed E-state index contributed by atoms with van der Waals surface area (Å²) in [5.74, 6) is 0. The van der Waals surface area contributed by atoms with Gasteiger partial charge in [0, 0.05) is 44.4 Å². The highest BCUT2D eigenvalue weighted by molar-refractivity contribution is 7.09. The van der Waals surface area contributed by atoms with Gasteiger partial charge in [0.1, 0.15) is 0 Å². The van der Waals surface area contributed by atoms with E-state index in [9.17, 15) is 0 Å². The first-order valence-corrected chi connectivity index (χ1v) is 8.19. The number of nitrogens with zero attached hydrogens (tertiary/aromatic N) is 1. The number of benzene rings is 1. The molecule has 114 valence electrons. The number of methoxy groups -OCH3 is 1. The zero-order valence-electron chi connectivity index (χ0n) is 12.8. The van der Waals surface area contributed by atoms with Gasteiger partial charge in [0.2, 0.25) is 0 Å². The largest absolute Gasteiger partial charge is 0.383 e. The van der Waals surface area contributed by atoms with Gasteiger partial charge in [-0.25, -0.2) is 0 Å². The Kier molecular flexibility index (Phi) is 6.73. The van der Waals surface area contributed by atoms with Crippen LogP contribution in [0.3, 0.4) is 0 Å². The second kappa shape index (κ2) is 8.82. The summed E-state index contributed by atoms with van der Waals surface area (Å²) in [6, 6.07) is 13.1. The fourth-order valence-electron chi connectivity index (χ4n) is 2.14. The first-order chi connectivity index (χ1) is 10.3. The summed E-state index contributed by atoms with van der Waals surface area (Å²) in [5, 5.41) is 5.50. The molecule has 0 aliphatic carbocycles. The van der Waals surface area contributed by atoms with Crippen LogP contribution >= 0.6 is 11.3 Å². The third-order valence-corrected chi connectivity index (χ3v) is 4.40. The number of anilines is 1. The van der Waals surface area contributed by atoms with Crippen LogP contribution in [-0.2, 0) is 17.7 Å². The molecule has 0 bridgehead atoms. The summed E-state index contributed by atoms with van der Waals surface area (Å²) in [5.41, 5.74) is 2.58. The monoisotopic (exact) mass is 304 g/mol. The lowest BCUT2D eigenvalue weighted by Crippen LogP contribution is -2.20. The second-order valence-electron chi connectivity index (χ2n) is 5.09. The predicted octanol–water partition coefficient (Wildman–Crippen LogP) is 3.16. The predicted molar refractivity (Wildman–Crippen MR) is 91.3 cm³/mol. The van der Waals surface area contributed by atoms with Crippen LogP contribution in [0.1, 0.15) is 10.4 Å². The lowest BCUT2D eigenvalue weighted by atomic mass is 10.2. The van der Waals surface area contributed by atoms with Crippen LogP contribution in [0.25, 0.3) is 0 Å². The van der Waals surface area contributed by atoms with Gasteiger partial charge in [0.05, 0.1) is 6.61 Å². The van der Waals surface area contributed by atoms with Gasteiger partial charge in [-0.1, -0.05) is 18.2 Å². The molecule has 0 aliphatic heterocycles. The van der Waals surface area contributed by atoms with E-state index >= 15 is 0 Å². The standard InChI is InChI=1S/C17H24N2OS/c1-19(11-9-17-4-3-13-21-17)16-7-5-15(6-8-16)14-18-10-12-20-2/h3-8,13,18H,9-12,14H2,1-2H3. The number of hydrogen-bond donors (Lipinski definition) is 1. The molecule has 1 heterocycles. The highest BCUT2D eigenvalue weighted by Gasteiger charge is 2.02. The molecule has 0 spiro atoms. The summed E-state index contributed by atoms with van der Waals surface area (Å²) >= 11 is 1.83. The van der Waals surface area contributed by atoms with Crippen LogP contribution in [-0.4, -0.2) is 33.9 Å². The van der Waals surface area contributed by atoms with Crippen LogP contribution in [0.5, 0.6) is 0 Å². The van der Waals surface area contributed by atoms with E-state index in [0.717, 1.165) is 32.7 Å². The van der Waals surface area contributed by atoms with Crippen molar-refractivity contribution in [3.05, 3.63) is 52.2 Å². The number of hydrogen-bond acceptors (Lipinski definition) is 4. The minimum absolute atomic E-state index is 0.754. The molecule has 2 aromatic rings. The maximum Gasteiger partial charge on any atom is 0.0587 e. The Morgan fingerprint density at radius 3 is 2.67 bits per heavy atom. The molecule has 0 unspecified atom stereocenters. The Bertz CT molecular complexity index is 496. The van der Waals surface area contributed by atoms with E-state index in [4.69, 9.17) is 4.74 Å². The number of likely N-dealkylation sites (N-methyl/N-ethyl adjacent to an activating group) is 1. The molecule has 1 N–H and O–H groups in total. The lowest BCUT2D eigenvalue weighted by Gasteiger charge is -2.19. The van der Waals surface area contributed by atoms with Crippen molar-refractivity contribution < 1.29 is 4.74 Å². The van der Waals surface area contributed by atoms with Crippen LogP contribution in [0, 0.1) is 0 Å². The molecule has 0 radical (unpaired) electrons. The third kappa shape index (κ3) is 5.50. The van der Waals surface area contributed by atoms with Gasteiger partial charge in [0.25, 0.3) is 0 Å². The molecule has 1 aromatic heterocycles. The molecule has 0 saturated carbocycles. The van der Waals surface area contributed by atoms with E-state index in [1.54, 1.807) is 7.11 Å². The maximum atomic E-state index is 5.02. The molecular weight excluding hydrogens is 280 g/mol. The van der Waals surface area contributed by atoms with Gasteiger partial charge < -0.3 is 15.0 Å². The van der Waals surface area contributed by atoms with Crippen molar-refractivity contribution in [1.82, 2.24) is 5.32 Å². The van der Waals surface area contributed by atoms with Crippen LogP contribution in [0.2, 0.25) is 0 Å². The molecule has 0 amide bonds. The van der Waals surface area contributed by atoms with Crippen molar-refractivity contribution in [1.29, 1.82) is 0 Å². The Balaban J connectivity index is 1.77. The summed E-state index contributed by atoms with van der Waals surface area (Å²) in [7, 11) is 3.88. The van der Waals surface area contributed by atoms with Crippen molar-refractivity contribution in [2.45, 2.75) is 13.0 Å². The van der Waals surface area contributed by atoms with Crippen molar-refractivity contribution >= 4 is 17.0 Å². The van der Waals surface area contributed by atoms with Crippen molar-refractivity contribution in [2.75, 3.05) is 38.8 Å². The summed E-state index contributed by atoms with van der Waals surface area (Å²) in [4.78, 5) is 3.75. The van der Waals surface area contributed by atoms with Crippen LogP contribution in [0.15, 0.2) is 41.8 Å². The maximum absolute atomic E-state index is 5.02. The highest BCUT2D eigenvalue weighted by Crippen LogP contribution is 2.16. The molecule has 0 fully saturated rings. The van der Waals surface area contributed by atoms with Crippen molar-refractivity contribution in [3.63, 3.8) is 0 Å². The normalized spacial score (nSPS) is 10.8. The summed E-state index contributed by atoms with van der Waals surface area (Å²) in [6.45, 7) is 3.58. The van der Waals surface area contributed by atoms with Gasteiger partial charge in [-0.3, -0.25) is 0 Å². The molecule has 0 aliphatic rings. The zero-order valence-corrected chi connectivity index (χ0v) is 13.7. The summed E-state index contributed by atoms with van der Waals surface area (Å²) in [6.07, 6.45) is 1.11. The molecule has 2 rings (SSSR count). The first kappa shape index (κ1) is 16.0. The summed E-state index contributed by atoms with van der Waals surface area (Å²) < 4.78 is 5.02. The van der Waals surface area contributed by atoms with Gasteiger partial charge in [-0.05, 0) is 35.6 Å². The number of ether oxygens (including phenoxy) is 1. The minimum atomic E-state index is 0.754. The van der Waals surface area contributed by atoms with Gasteiger partial charge in [0.15, 0.2) is 0 Å². The fraction of sp³-hybridized carbons (Fsp3) is 0.412. The van der Waals surface area contributed by atoms with Crippen LogP contribution < -0.4 is 10.2 Å². The van der Waals surface area contributed by atoms with E-state index in [0.29, 0.717) is 0 Å². The molecule has 3 nitrogen and oxygen atoms in total. The van der Waals surface area contributed by atoms with Gasteiger partial charge >= 0.3 is 0 Å². The lowest BCUT2D eigenvalue weighted by molar-refractivity contribution is 0.199.